The fourth-order valence-electron chi connectivity index (χ4n) is 2.35. The van der Waals surface area contributed by atoms with Crippen LogP contribution in [-0.4, -0.2) is 31.4 Å². The van der Waals surface area contributed by atoms with Crippen molar-refractivity contribution in [2.24, 2.45) is 9.98 Å². The zero-order chi connectivity index (χ0) is 15.5. The van der Waals surface area contributed by atoms with E-state index in [1.807, 2.05) is 36.2 Å². The number of thioether (sulfide) groups is 1. The molecular weight excluding hydrogens is 314 g/mol. The molecule has 0 unspecified atom stereocenters. The first kappa shape index (κ1) is 15.1. The van der Waals surface area contributed by atoms with E-state index in [1.165, 1.54) is 10.5 Å². The molecule has 0 N–H and O–H groups in total. The molecule has 0 bridgehead atoms. The fourth-order valence-corrected chi connectivity index (χ4v) is 3.52. The summed E-state index contributed by atoms with van der Waals surface area (Å²) in [4.78, 5) is 15.4. The Morgan fingerprint density at radius 3 is 2.91 bits per heavy atom. The van der Waals surface area contributed by atoms with Gasteiger partial charge in [0, 0.05) is 11.1 Å². The number of nitrogens with zero attached hydrogens (tertiary/aromatic N) is 3. The van der Waals surface area contributed by atoms with E-state index < -0.39 is 0 Å². The lowest BCUT2D eigenvalue weighted by Gasteiger charge is -2.08. The topological polar surface area (TPSA) is 54.7 Å². The fraction of sp³-hybridized carbons (Fsp3) is 0.250. The Balaban J connectivity index is 1.88. The predicted molar refractivity (Wildman–Crippen MR) is 94.3 cm³/mol. The summed E-state index contributed by atoms with van der Waals surface area (Å²) in [5.41, 5.74) is 3.63. The van der Waals surface area contributed by atoms with Crippen molar-refractivity contribution in [3.05, 3.63) is 47.4 Å². The molecule has 0 aromatic carbocycles. The summed E-state index contributed by atoms with van der Waals surface area (Å²) in [6.45, 7) is 4.22. The molecule has 1 aliphatic heterocycles. The first-order valence-electron chi connectivity index (χ1n) is 7.02. The summed E-state index contributed by atoms with van der Waals surface area (Å²) < 4.78 is 11.1. The minimum Gasteiger partial charge on any atom is -0.260 e. The van der Waals surface area contributed by atoms with E-state index in [4.69, 9.17) is 0 Å². The number of allylic oxidation sites excluding steroid dienone is 4. The molecule has 3 rings (SSSR count). The molecule has 0 fully saturated rings. The standard InChI is InChI=1S/C16H15N3OS2/c1-3-21-13-7-8-17-12(10(13)2)9-15-18-11-5-4-6-14(22-20)16(11)19-15/h4-8H,3,9H2,1-2H3. The van der Waals surface area contributed by atoms with E-state index in [1.54, 1.807) is 6.08 Å². The van der Waals surface area contributed by atoms with Crippen LogP contribution < -0.4 is 0 Å². The number of aromatic nitrogens is 1. The van der Waals surface area contributed by atoms with Crippen molar-refractivity contribution in [3.8, 4) is 0 Å². The van der Waals surface area contributed by atoms with E-state index in [0.29, 0.717) is 34.1 Å². The normalized spacial score (nSPS) is 16.1. The van der Waals surface area contributed by atoms with Crippen molar-refractivity contribution < 1.29 is 4.21 Å². The molecule has 0 radical (unpaired) electrons. The monoisotopic (exact) mass is 329 g/mol. The second-order valence-electron chi connectivity index (χ2n) is 4.84. The van der Waals surface area contributed by atoms with Crippen molar-refractivity contribution in [3.63, 3.8) is 0 Å². The second-order valence-corrected chi connectivity index (χ2v) is 6.75. The van der Waals surface area contributed by atoms with Gasteiger partial charge in [0.1, 0.15) is 11.5 Å². The molecule has 2 heterocycles. The van der Waals surface area contributed by atoms with Crippen LogP contribution in [0.3, 0.4) is 0 Å². The molecule has 0 atom stereocenters. The van der Waals surface area contributed by atoms with Gasteiger partial charge < -0.3 is 0 Å². The van der Waals surface area contributed by atoms with E-state index in [9.17, 15) is 4.21 Å². The Hall–Kier alpha value is -1.79. The summed E-state index contributed by atoms with van der Waals surface area (Å²) in [5, 5.41) is 0. The van der Waals surface area contributed by atoms with Gasteiger partial charge in [-0.15, -0.1) is 11.8 Å². The number of pyridine rings is 1. The van der Waals surface area contributed by atoms with E-state index in [2.05, 4.69) is 28.8 Å². The van der Waals surface area contributed by atoms with Crippen molar-refractivity contribution in [2.45, 2.75) is 25.2 Å². The van der Waals surface area contributed by atoms with Gasteiger partial charge in [0.2, 0.25) is 0 Å². The van der Waals surface area contributed by atoms with Crippen LogP contribution in [0, 0.1) is 6.92 Å². The molecule has 0 saturated heterocycles. The minimum absolute atomic E-state index is 0.459. The number of hydrogen-bond donors (Lipinski definition) is 0. The lowest BCUT2D eigenvalue weighted by atomic mass is 10.1. The number of aliphatic imine (C=N–C) groups is 2. The Bertz CT molecular complexity index is 800. The van der Waals surface area contributed by atoms with Gasteiger partial charge in [-0.25, -0.2) is 14.2 Å². The van der Waals surface area contributed by atoms with Gasteiger partial charge in [-0.1, -0.05) is 13.0 Å². The molecular formula is C16H15N3OS2. The maximum atomic E-state index is 11.1. The van der Waals surface area contributed by atoms with E-state index in [0.717, 1.165) is 17.1 Å². The van der Waals surface area contributed by atoms with Gasteiger partial charge >= 0.3 is 0 Å². The first-order valence-corrected chi connectivity index (χ1v) is 8.75. The third-order valence-electron chi connectivity index (χ3n) is 3.44. The van der Waals surface area contributed by atoms with Gasteiger partial charge in [-0.2, -0.15) is 0 Å². The molecule has 4 nitrogen and oxygen atoms in total. The Labute approximate surface area is 137 Å². The zero-order valence-electron chi connectivity index (χ0n) is 12.4. The first-order chi connectivity index (χ1) is 10.7. The highest BCUT2D eigenvalue weighted by atomic mass is 32.2. The number of fused-ring (bicyclic) bond motifs is 1. The van der Waals surface area contributed by atoms with Crippen LogP contribution in [0.2, 0.25) is 0 Å². The highest BCUT2D eigenvalue weighted by molar-refractivity contribution is 7.99. The average Bonchev–Trinajstić information content (AvgIpc) is 2.94. The zero-order valence-corrected chi connectivity index (χ0v) is 14.0. The van der Waals surface area contributed by atoms with Crippen LogP contribution in [0.5, 0.6) is 0 Å². The van der Waals surface area contributed by atoms with Crippen LogP contribution in [-0.2, 0) is 17.7 Å². The average molecular weight is 329 g/mol. The molecule has 1 aliphatic carbocycles. The molecule has 22 heavy (non-hydrogen) atoms. The Morgan fingerprint density at radius 1 is 1.27 bits per heavy atom. The predicted octanol–water partition coefficient (Wildman–Crippen LogP) is 2.74. The van der Waals surface area contributed by atoms with Gasteiger partial charge in [0.05, 0.1) is 33.9 Å². The maximum absolute atomic E-state index is 11.1. The van der Waals surface area contributed by atoms with E-state index >= 15 is 0 Å². The van der Waals surface area contributed by atoms with Crippen LogP contribution in [0.25, 0.3) is 0 Å². The number of rotatable bonds is 4. The van der Waals surface area contributed by atoms with Crippen LogP contribution >= 0.6 is 11.8 Å². The minimum atomic E-state index is 0.459. The summed E-state index contributed by atoms with van der Waals surface area (Å²) in [6.07, 6.45) is 7.92. The molecule has 2 aliphatic rings. The van der Waals surface area contributed by atoms with Crippen molar-refractivity contribution in [1.82, 2.24) is 4.98 Å². The van der Waals surface area contributed by atoms with Crippen LogP contribution in [0.15, 0.2) is 51.1 Å². The molecule has 1 aromatic heterocycles. The largest absolute Gasteiger partial charge is 0.260 e. The highest BCUT2D eigenvalue weighted by Crippen LogP contribution is 2.25. The van der Waals surface area contributed by atoms with Gasteiger partial charge in [0.25, 0.3) is 0 Å². The Kier molecular flexibility index (Phi) is 4.49. The smallest absolute Gasteiger partial charge is 0.135 e. The number of amidine groups is 1. The third kappa shape index (κ3) is 2.89. The summed E-state index contributed by atoms with van der Waals surface area (Å²) in [7, 11) is 0. The molecule has 0 spiro atoms. The SMILES string of the molecule is CCSc1ccnc(CC2=NC3=CC=CC(=S=O)C3=N2)c1C. The lowest BCUT2D eigenvalue weighted by Crippen LogP contribution is -2.13. The van der Waals surface area contributed by atoms with Gasteiger partial charge in [0.15, 0.2) is 0 Å². The van der Waals surface area contributed by atoms with Gasteiger partial charge in [-0.05, 0) is 36.5 Å². The second kappa shape index (κ2) is 6.54. The molecule has 6 heteroatoms. The van der Waals surface area contributed by atoms with Gasteiger partial charge in [-0.3, -0.25) is 4.98 Å². The van der Waals surface area contributed by atoms with Crippen LogP contribution in [0.4, 0.5) is 0 Å². The van der Waals surface area contributed by atoms with Crippen molar-refractivity contribution in [1.29, 1.82) is 0 Å². The van der Waals surface area contributed by atoms with Crippen molar-refractivity contribution >= 4 is 39.4 Å². The maximum Gasteiger partial charge on any atom is 0.135 e. The Morgan fingerprint density at radius 2 is 2.14 bits per heavy atom. The van der Waals surface area contributed by atoms with Crippen LogP contribution in [0.1, 0.15) is 18.2 Å². The lowest BCUT2D eigenvalue weighted by molar-refractivity contribution is 0.701. The number of hydrogen-bond acceptors (Lipinski definition) is 5. The summed E-state index contributed by atoms with van der Waals surface area (Å²) in [5.74, 6) is 1.75. The summed E-state index contributed by atoms with van der Waals surface area (Å²) >= 11 is 2.27. The quantitative estimate of drug-likeness (QED) is 0.630. The van der Waals surface area contributed by atoms with Crippen molar-refractivity contribution in [2.75, 3.05) is 5.75 Å². The molecule has 0 saturated carbocycles. The molecule has 112 valence electrons. The summed E-state index contributed by atoms with van der Waals surface area (Å²) in [6, 6.07) is 2.04. The molecule has 0 amide bonds. The third-order valence-corrected chi connectivity index (χ3v) is 4.99. The van der Waals surface area contributed by atoms with E-state index in [-0.39, 0.29) is 0 Å². The molecule has 1 aromatic rings. The highest BCUT2D eigenvalue weighted by Gasteiger charge is 2.22.